The van der Waals surface area contributed by atoms with Crippen LogP contribution in [-0.4, -0.2) is 16.7 Å². The van der Waals surface area contributed by atoms with Gasteiger partial charge in [-0.25, -0.2) is 4.39 Å². The van der Waals surface area contributed by atoms with Crippen molar-refractivity contribution in [1.82, 2.24) is 10.2 Å². The number of fused-ring (bicyclic) bond motifs is 1. The van der Waals surface area contributed by atoms with E-state index in [2.05, 4.69) is 22.1 Å². The molecule has 0 saturated heterocycles. The molecule has 2 aromatic carbocycles. The van der Waals surface area contributed by atoms with Crippen molar-refractivity contribution >= 4 is 28.2 Å². The quantitative estimate of drug-likeness (QED) is 0.424. The van der Waals surface area contributed by atoms with Crippen LogP contribution in [0.15, 0.2) is 59.5 Å². The fraction of sp³-hybridized carbons (Fsp3) is 0.200. The summed E-state index contributed by atoms with van der Waals surface area (Å²) in [4.78, 5) is 0. The van der Waals surface area contributed by atoms with Gasteiger partial charge < -0.3 is 14.8 Å². The first-order chi connectivity index (χ1) is 13.7. The minimum Gasteiger partial charge on any atom is -0.460 e. The van der Waals surface area contributed by atoms with Gasteiger partial charge in [0.25, 0.3) is 0 Å². The van der Waals surface area contributed by atoms with Crippen LogP contribution in [0, 0.1) is 5.82 Å². The van der Waals surface area contributed by atoms with Crippen molar-refractivity contribution in [3.05, 3.63) is 77.6 Å². The van der Waals surface area contributed by atoms with Gasteiger partial charge in [0.15, 0.2) is 4.34 Å². The average Bonchev–Trinajstić information content (AvgIpc) is 3.18. The van der Waals surface area contributed by atoms with Gasteiger partial charge in [-0.05, 0) is 12.1 Å². The second-order valence-corrected chi connectivity index (χ2v) is 8.26. The largest absolute Gasteiger partial charge is 0.460 e. The van der Waals surface area contributed by atoms with Crippen LogP contribution < -0.4 is 10.1 Å². The van der Waals surface area contributed by atoms with Crippen LogP contribution in [0.4, 0.5) is 9.52 Å². The number of anilines is 1. The maximum atomic E-state index is 14.1. The standard InChI is InChI=1S/C20H18FN3O2S2/c1-2-8-22-19-23-24-20(28-19)27-12-15-10-16(21)9-14-11-25-18(26-17(14)15)13-6-4-3-5-7-13/h2-7,9-10,18H,1,8,11-12H2,(H,22,23)/t18-/m1/s1. The lowest BCUT2D eigenvalue weighted by molar-refractivity contribution is -0.112. The maximum absolute atomic E-state index is 14.1. The summed E-state index contributed by atoms with van der Waals surface area (Å²) in [6, 6.07) is 12.7. The van der Waals surface area contributed by atoms with Gasteiger partial charge in [-0.2, -0.15) is 0 Å². The monoisotopic (exact) mass is 415 g/mol. The summed E-state index contributed by atoms with van der Waals surface area (Å²) >= 11 is 2.95. The van der Waals surface area contributed by atoms with E-state index in [1.54, 1.807) is 6.08 Å². The summed E-state index contributed by atoms with van der Waals surface area (Å²) in [6.45, 7) is 4.60. The van der Waals surface area contributed by atoms with Crippen molar-refractivity contribution in [2.24, 2.45) is 0 Å². The van der Waals surface area contributed by atoms with Crippen molar-refractivity contribution in [3.63, 3.8) is 0 Å². The molecule has 1 aliphatic rings. The van der Waals surface area contributed by atoms with Crippen molar-refractivity contribution < 1.29 is 13.9 Å². The Morgan fingerprint density at radius 3 is 2.96 bits per heavy atom. The molecular weight excluding hydrogens is 397 g/mol. The van der Waals surface area contributed by atoms with E-state index in [0.29, 0.717) is 30.2 Å². The fourth-order valence-corrected chi connectivity index (χ4v) is 4.52. The molecule has 28 heavy (non-hydrogen) atoms. The van der Waals surface area contributed by atoms with Gasteiger partial charge in [0, 0.05) is 29.0 Å². The molecule has 0 radical (unpaired) electrons. The normalized spacial score (nSPS) is 15.5. The molecule has 5 nitrogen and oxygen atoms in total. The highest BCUT2D eigenvalue weighted by atomic mass is 32.2. The highest BCUT2D eigenvalue weighted by Gasteiger charge is 2.25. The third-order valence-electron chi connectivity index (χ3n) is 4.05. The van der Waals surface area contributed by atoms with Gasteiger partial charge >= 0.3 is 0 Å². The Morgan fingerprint density at radius 2 is 2.14 bits per heavy atom. The second kappa shape index (κ2) is 8.72. The molecule has 0 spiro atoms. The highest BCUT2D eigenvalue weighted by molar-refractivity contribution is 8.00. The lowest BCUT2D eigenvalue weighted by Gasteiger charge is -2.28. The Hall–Kier alpha value is -2.42. The van der Waals surface area contributed by atoms with Gasteiger partial charge in [0.1, 0.15) is 11.6 Å². The van der Waals surface area contributed by atoms with Crippen LogP contribution >= 0.6 is 23.1 Å². The van der Waals surface area contributed by atoms with Crippen molar-refractivity contribution in [1.29, 1.82) is 0 Å². The Balaban J connectivity index is 1.51. The summed E-state index contributed by atoms with van der Waals surface area (Å²) < 4.78 is 26.7. The Morgan fingerprint density at radius 1 is 1.29 bits per heavy atom. The number of nitrogens with one attached hydrogen (secondary N) is 1. The third-order valence-corrected chi connectivity index (χ3v) is 6.11. The second-order valence-electron chi connectivity index (χ2n) is 6.06. The first-order valence-electron chi connectivity index (χ1n) is 8.68. The Bertz CT molecular complexity index is 965. The number of benzene rings is 2. The van der Waals surface area contributed by atoms with Crippen molar-refractivity contribution in [2.45, 2.75) is 23.0 Å². The average molecular weight is 416 g/mol. The van der Waals surface area contributed by atoms with Crippen LogP contribution in [-0.2, 0) is 17.1 Å². The molecule has 144 valence electrons. The molecule has 0 unspecified atom stereocenters. The molecule has 1 aliphatic heterocycles. The van der Waals surface area contributed by atoms with Gasteiger partial charge in [0.2, 0.25) is 11.4 Å². The first-order valence-corrected chi connectivity index (χ1v) is 10.5. The Labute approximate surface area is 170 Å². The predicted molar refractivity (Wildman–Crippen MR) is 109 cm³/mol. The molecule has 1 aromatic heterocycles. The van der Waals surface area contributed by atoms with Crippen molar-refractivity contribution in [2.75, 3.05) is 11.9 Å². The van der Waals surface area contributed by atoms with Gasteiger partial charge in [-0.15, -0.1) is 16.8 Å². The maximum Gasteiger partial charge on any atom is 0.227 e. The van der Waals surface area contributed by atoms with Crippen LogP contribution in [0.3, 0.4) is 0 Å². The van der Waals surface area contributed by atoms with Gasteiger partial charge in [0.05, 0.1) is 6.61 Å². The molecule has 4 rings (SSSR count). The van der Waals surface area contributed by atoms with E-state index in [9.17, 15) is 4.39 Å². The summed E-state index contributed by atoms with van der Waals surface area (Å²) in [7, 11) is 0. The number of aromatic nitrogens is 2. The van der Waals surface area contributed by atoms with Crippen LogP contribution in [0.1, 0.15) is 23.0 Å². The predicted octanol–water partition coefficient (Wildman–Crippen LogP) is 5.18. The highest BCUT2D eigenvalue weighted by Crippen LogP contribution is 2.39. The number of hydrogen-bond acceptors (Lipinski definition) is 7. The molecule has 0 saturated carbocycles. The SMILES string of the molecule is C=CCNc1nnc(SCc2cc(F)cc3c2O[C@H](c2ccccc2)OC3)s1. The number of thioether (sulfide) groups is 1. The van der Waals surface area contributed by atoms with Crippen LogP contribution in [0.25, 0.3) is 0 Å². The zero-order chi connectivity index (χ0) is 19.3. The minimum atomic E-state index is -0.501. The minimum absolute atomic E-state index is 0.301. The van der Waals surface area contributed by atoms with Gasteiger partial charge in [-0.3, -0.25) is 0 Å². The molecule has 1 N–H and O–H groups in total. The molecule has 1 atom stereocenters. The lowest BCUT2D eigenvalue weighted by Crippen LogP contribution is -2.19. The molecule has 0 aliphatic carbocycles. The smallest absolute Gasteiger partial charge is 0.227 e. The number of halogens is 1. The number of nitrogens with zero attached hydrogens (tertiary/aromatic N) is 2. The summed E-state index contributed by atoms with van der Waals surface area (Å²) in [5, 5.41) is 12.1. The van der Waals surface area contributed by atoms with E-state index in [4.69, 9.17) is 9.47 Å². The van der Waals surface area contributed by atoms with Crippen LogP contribution in [0.5, 0.6) is 5.75 Å². The number of ether oxygens (including phenoxy) is 2. The molecule has 0 amide bonds. The van der Waals surface area contributed by atoms with E-state index in [1.807, 2.05) is 30.3 Å². The first kappa shape index (κ1) is 18.9. The van der Waals surface area contributed by atoms with E-state index >= 15 is 0 Å². The molecule has 8 heteroatoms. The third kappa shape index (κ3) is 4.35. The lowest BCUT2D eigenvalue weighted by atomic mass is 10.1. The zero-order valence-electron chi connectivity index (χ0n) is 14.9. The van der Waals surface area contributed by atoms with Crippen molar-refractivity contribution in [3.8, 4) is 5.75 Å². The molecule has 3 aromatic rings. The fourth-order valence-electron chi connectivity index (χ4n) is 2.80. The summed E-state index contributed by atoms with van der Waals surface area (Å²) in [6.07, 6.45) is 1.26. The number of hydrogen-bond donors (Lipinski definition) is 1. The Kier molecular flexibility index (Phi) is 5.90. The van der Waals surface area contributed by atoms with Crippen LogP contribution in [0.2, 0.25) is 0 Å². The number of rotatable bonds is 7. The zero-order valence-corrected chi connectivity index (χ0v) is 16.6. The molecule has 2 heterocycles. The summed E-state index contributed by atoms with van der Waals surface area (Å²) in [5.41, 5.74) is 2.42. The van der Waals surface area contributed by atoms with Gasteiger partial charge in [-0.1, -0.05) is 59.5 Å². The topological polar surface area (TPSA) is 56.3 Å². The summed E-state index contributed by atoms with van der Waals surface area (Å²) in [5.74, 6) is 0.909. The molecule has 0 bridgehead atoms. The van der Waals surface area contributed by atoms with E-state index < -0.39 is 6.29 Å². The molecule has 0 fully saturated rings. The molecular formula is C20H18FN3O2S2. The van der Waals surface area contributed by atoms with E-state index in [1.165, 1.54) is 35.2 Å². The van der Waals surface area contributed by atoms with E-state index in [-0.39, 0.29) is 5.82 Å². The van der Waals surface area contributed by atoms with E-state index in [0.717, 1.165) is 20.6 Å².